The lowest BCUT2D eigenvalue weighted by molar-refractivity contribution is -0.393. The number of benzene rings is 2. The maximum atomic E-state index is 11.3. The van der Waals surface area contributed by atoms with Crippen molar-refractivity contribution in [2.75, 3.05) is 24.5 Å². The fourth-order valence-electron chi connectivity index (χ4n) is 3.94. The highest BCUT2D eigenvalue weighted by molar-refractivity contribution is 5.87. The molecule has 0 aliphatic carbocycles. The van der Waals surface area contributed by atoms with Crippen LogP contribution < -0.4 is 15.1 Å². The molecule has 10 nitrogen and oxygen atoms in total. The summed E-state index contributed by atoms with van der Waals surface area (Å²) in [6.07, 6.45) is 2.52. The van der Waals surface area contributed by atoms with Crippen LogP contribution in [-0.2, 0) is 0 Å². The molecule has 0 saturated heterocycles. The zero-order valence-corrected chi connectivity index (χ0v) is 18.1. The highest BCUT2D eigenvalue weighted by Gasteiger charge is 2.34. The standard InChI is InChI=1S/C21H25N5O5/c1-13-11-21(2,3)24(4)18-10-20(31-5)14(8-16(13)18)12-22-23-17-7-6-15(25(27)28)9-19(17)26(29)30/h6-10,12-13,23H,11H2,1-5H3/b22-12-. The minimum absolute atomic E-state index is 0.0173. The highest BCUT2D eigenvalue weighted by Crippen LogP contribution is 2.44. The first-order chi connectivity index (χ1) is 14.5. The van der Waals surface area contributed by atoms with Crippen LogP contribution in [0.1, 0.15) is 44.2 Å². The molecular formula is C21H25N5O5. The monoisotopic (exact) mass is 427 g/mol. The first kappa shape index (κ1) is 22.0. The summed E-state index contributed by atoms with van der Waals surface area (Å²) in [5.74, 6) is 0.960. The van der Waals surface area contributed by atoms with Crippen LogP contribution in [0, 0.1) is 20.2 Å². The molecular weight excluding hydrogens is 402 g/mol. The Morgan fingerprint density at radius 2 is 1.94 bits per heavy atom. The number of nitrogens with zero attached hydrogens (tertiary/aromatic N) is 4. The van der Waals surface area contributed by atoms with Crippen LogP contribution in [0.25, 0.3) is 0 Å². The predicted octanol–water partition coefficient (Wildman–Crippen LogP) is 4.68. The van der Waals surface area contributed by atoms with Gasteiger partial charge in [0.2, 0.25) is 0 Å². The third-order valence-corrected chi connectivity index (χ3v) is 5.76. The van der Waals surface area contributed by atoms with Gasteiger partial charge in [-0.2, -0.15) is 5.10 Å². The molecule has 10 heteroatoms. The molecule has 1 unspecified atom stereocenters. The number of ether oxygens (including phenoxy) is 1. The van der Waals surface area contributed by atoms with Crippen molar-refractivity contribution in [1.82, 2.24) is 0 Å². The third-order valence-electron chi connectivity index (χ3n) is 5.76. The molecule has 0 fully saturated rings. The Balaban J connectivity index is 1.93. The van der Waals surface area contributed by atoms with Crippen molar-refractivity contribution in [2.45, 2.75) is 38.6 Å². The number of nitrogens with one attached hydrogen (secondary N) is 1. The van der Waals surface area contributed by atoms with Crippen molar-refractivity contribution in [2.24, 2.45) is 5.10 Å². The first-order valence-electron chi connectivity index (χ1n) is 9.73. The zero-order chi connectivity index (χ0) is 22.9. The molecule has 1 aliphatic rings. The SMILES string of the molecule is COc1cc2c(cc1/C=N\Nc1ccc([N+](=O)[O-])cc1[N+](=O)[O-])C(C)CC(C)(C)N2C. The molecule has 164 valence electrons. The Bertz CT molecular complexity index is 1070. The van der Waals surface area contributed by atoms with Crippen LogP contribution >= 0.6 is 0 Å². The van der Waals surface area contributed by atoms with Gasteiger partial charge in [0.15, 0.2) is 0 Å². The lowest BCUT2D eigenvalue weighted by atomic mass is 9.80. The summed E-state index contributed by atoms with van der Waals surface area (Å²) in [4.78, 5) is 23.0. The molecule has 2 aromatic rings. The Hall–Kier alpha value is -3.69. The summed E-state index contributed by atoms with van der Waals surface area (Å²) in [5.41, 5.74) is 4.88. The van der Waals surface area contributed by atoms with Crippen molar-refractivity contribution in [1.29, 1.82) is 0 Å². The van der Waals surface area contributed by atoms with E-state index in [-0.39, 0.29) is 16.9 Å². The van der Waals surface area contributed by atoms with E-state index in [9.17, 15) is 20.2 Å². The van der Waals surface area contributed by atoms with Gasteiger partial charge in [0.25, 0.3) is 5.69 Å². The van der Waals surface area contributed by atoms with Crippen LogP contribution in [0.5, 0.6) is 5.75 Å². The van der Waals surface area contributed by atoms with Crippen LogP contribution in [0.2, 0.25) is 0 Å². The molecule has 0 radical (unpaired) electrons. The van der Waals surface area contributed by atoms with E-state index in [1.54, 1.807) is 7.11 Å². The maximum absolute atomic E-state index is 11.3. The van der Waals surface area contributed by atoms with Crippen LogP contribution in [0.4, 0.5) is 22.7 Å². The molecule has 31 heavy (non-hydrogen) atoms. The number of rotatable bonds is 6. The fourth-order valence-corrected chi connectivity index (χ4v) is 3.94. The van der Waals surface area contributed by atoms with E-state index >= 15 is 0 Å². The largest absolute Gasteiger partial charge is 0.496 e. The summed E-state index contributed by atoms with van der Waals surface area (Å²) in [6, 6.07) is 7.33. The second-order valence-corrected chi connectivity index (χ2v) is 8.22. The number of nitro benzene ring substituents is 2. The molecule has 0 spiro atoms. The smallest absolute Gasteiger partial charge is 0.301 e. The predicted molar refractivity (Wildman–Crippen MR) is 119 cm³/mol. The molecule has 0 saturated carbocycles. The number of methoxy groups -OCH3 is 1. The van der Waals surface area contributed by atoms with Crippen molar-refractivity contribution < 1.29 is 14.6 Å². The Morgan fingerprint density at radius 3 is 2.55 bits per heavy atom. The lowest BCUT2D eigenvalue weighted by Gasteiger charge is -2.45. The number of anilines is 2. The number of nitro groups is 2. The average molecular weight is 427 g/mol. The summed E-state index contributed by atoms with van der Waals surface area (Å²) in [7, 11) is 3.64. The van der Waals surface area contributed by atoms with E-state index in [4.69, 9.17) is 4.74 Å². The van der Waals surface area contributed by atoms with Crippen LogP contribution in [0.15, 0.2) is 35.4 Å². The third kappa shape index (κ3) is 4.27. The number of hydrogen-bond acceptors (Lipinski definition) is 8. The molecule has 2 aromatic carbocycles. The van der Waals surface area contributed by atoms with Gasteiger partial charge in [0, 0.05) is 36.0 Å². The quantitative estimate of drug-likeness (QED) is 0.403. The molecule has 1 N–H and O–H groups in total. The minimum atomic E-state index is -0.691. The van der Waals surface area contributed by atoms with Gasteiger partial charge < -0.3 is 9.64 Å². The molecule has 0 bridgehead atoms. The Kier molecular flexibility index (Phi) is 5.83. The van der Waals surface area contributed by atoms with Crippen LogP contribution in [0.3, 0.4) is 0 Å². The second kappa shape index (κ2) is 8.21. The highest BCUT2D eigenvalue weighted by atomic mass is 16.6. The van der Waals surface area contributed by atoms with Gasteiger partial charge in [-0.25, -0.2) is 0 Å². The number of non-ortho nitro benzene ring substituents is 1. The number of hydrogen-bond donors (Lipinski definition) is 1. The van der Waals surface area contributed by atoms with Gasteiger partial charge >= 0.3 is 5.69 Å². The van der Waals surface area contributed by atoms with Crippen molar-refractivity contribution in [3.8, 4) is 5.75 Å². The van der Waals surface area contributed by atoms with Crippen molar-refractivity contribution >= 4 is 29.0 Å². The Morgan fingerprint density at radius 1 is 1.23 bits per heavy atom. The fraction of sp³-hybridized carbons (Fsp3) is 0.381. The van der Waals surface area contributed by atoms with E-state index in [1.807, 2.05) is 12.1 Å². The molecule has 0 aromatic heterocycles. The topological polar surface area (TPSA) is 123 Å². The van der Waals surface area contributed by atoms with E-state index in [0.717, 1.165) is 23.7 Å². The Labute approximate surface area is 179 Å². The molecule has 0 amide bonds. The normalized spacial score (nSPS) is 17.3. The molecule has 1 heterocycles. The zero-order valence-electron chi connectivity index (χ0n) is 18.1. The second-order valence-electron chi connectivity index (χ2n) is 8.22. The van der Waals surface area contributed by atoms with Crippen LogP contribution in [-0.4, -0.2) is 35.8 Å². The average Bonchev–Trinajstić information content (AvgIpc) is 2.71. The van der Waals surface area contributed by atoms with Gasteiger partial charge in [0.1, 0.15) is 11.4 Å². The van der Waals surface area contributed by atoms with Gasteiger partial charge in [-0.15, -0.1) is 0 Å². The summed E-state index contributed by atoms with van der Waals surface area (Å²) in [6.45, 7) is 6.59. The summed E-state index contributed by atoms with van der Waals surface area (Å²) >= 11 is 0. The van der Waals surface area contributed by atoms with Crippen molar-refractivity contribution in [3.63, 3.8) is 0 Å². The summed E-state index contributed by atoms with van der Waals surface area (Å²) in [5, 5.41) is 26.3. The first-order valence-corrected chi connectivity index (χ1v) is 9.73. The molecule has 3 rings (SSSR count). The van der Waals surface area contributed by atoms with E-state index in [1.165, 1.54) is 23.9 Å². The van der Waals surface area contributed by atoms with E-state index in [2.05, 4.69) is 43.2 Å². The number of fused-ring (bicyclic) bond motifs is 1. The maximum Gasteiger partial charge on any atom is 0.301 e. The minimum Gasteiger partial charge on any atom is -0.496 e. The van der Waals surface area contributed by atoms with E-state index < -0.39 is 15.5 Å². The van der Waals surface area contributed by atoms with Gasteiger partial charge in [-0.05, 0) is 43.9 Å². The lowest BCUT2D eigenvalue weighted by Crippen LogP contribution is -2.45. The summed E-state index contributed by atoms with van der Waals surface area (Å²) < 4.78 is 5.54. The van der Waals surface area contributed by atoms with Gasteiger partial charge in [0.05, 0.1) is 29.2 Å². The number of hydrazone groups is 1. The molecule has 1 atom stereocenters. The van der Waals surface area contributed by atoms with Gasteiger partial charge in [-0.3, -0.25) is 25.7 Å². The van der Waals surface area contributed by atoms with Gasteiger partial charge in [-0.1, -0.05) is 6.92 Å². The molecule has 1 aliphatic heterocycles. The van der Waals surface area contributed by atoms with Crippen molar-refractivity contribution in [3.05, 3.63) is 61.7 Å². The van der Waals surface area contributed by atoms with E-state index in [0.29, 0.717) is 11.7 Å².